The number of nitrogens with one attached hydrogen (secondary N) is 3. The summed E-state index contributed by atoms with van der Waals surface area (Å²) in [5.41, 5.74) is 1.35. The summed E-state index contributed by atoms with van der Waals surface area (Å²) in [6, 6.07) is 12.5. The minimum Gasteiger partial charge on any atom is -0.439 e. The van der Waals surface area contributed by atoms with Crippen molar-refractivity contribution in [1.82, 2.24) is 25.8 Å². The highest BCUT2D eigenvalue weighted by molar-refractivity contribution is 8.04. The normalized spacial score (nSPS) is 26.1. The van der Waals surface area contributed by atoms with E-state index in [1.54, 1.807) is 22.1 Å². The quantitative estimate of drug-likeness (QED) is 0.490. The van der Waals surface area contributed by atoms with Crippen molar-refractivity contribution in [2.45, 2.75) is 30.3 Å². The van der Waals surface area contributed by atoms with Gasteiger partial charge in [-0.3, -0.25) is 14.5 Å². The van der Waals surface area contributed by atoms with E-state index in [1.807, 2.05) is 36.4 Å². The number of benzene rings is 1. The van der Waals surface area contributed by atoms with Gasteiger partial charge in [-0.15, -0.1) is 0 Å². The highest BCUT2D eigenvalue weighted by Crippen LogP contribution is 2.48. The van der Waals surface area contributed by atoms with Gasteiger partial charge in [-0.25, -0.2) is 9.78 Å². The molecule has 0 radical (unpaired) electrons. The van der Waals surface area contributed by atoms with Crippen molar-refractivity contribution >= 4 is 35.3 Å². The lowest BCUT2D eigenvalue weighted by Gasteiger charge is -2.45. The number of nitrogens with zero attached hydrogens (tertiary/aromatic N) is 3. The molecule has 5 heterocycles. The molecule has 3 saturated heterocycles. The van der Waals surface area contributed by atoms with Gasteiger partial charge < -0.3 is 25.6 Å². The number of anilines is 1. The van der Waals surface area contributed by atoms with Crippen LogP contribution in [-0.2, 0) is 9.59 Å². The van der Waals surface area contributed by atoms with E-state index in [1.165, 1.54) is 17.8 Å². The highest BCUT2D eigenvalue weighted by atomic mass is 32.2. The number of hydrogen-bond donors (Lipinski definition) is 3. The van der Waals surface area contributed by atoms with Crippen LogP contribution in [0.2, 0.25) is 0 Å². The fraction of sp³-hybridized carbons (Fsp3) is 0.333. The molecule has 1 aromatic carbocycles. The van der Waals surface area contributed by atoms with E-state index in [0.29, 0.717) is 47.4 Å². The number of amides is 4. The molecule has 3 unspecified atom stereocenters. The molecule has 4 aliphatic heterocycles. The number of likely N-dealkylation sites (tertiary alicyclic amines) is 1. The summed E-state index contributed by atoms with van der Waals surface area (Å²) in [6.07, 6.45) is 4.37. The lowest BCUT2D eigenvalue weighted by Crippen LogP contribution is -2.62. The maximum atomic E-state index is 13.4. The predicted octanol–water partition coefficient (Wildman–Crippen LogP) is 2.57. The van der Waals surface area contributed by atoms with Gasteiger partial charge in [0.05, 0.1) is 28.2 Å². The molecule has 0 spiro atoms. The Bertz CT molecular complexity index is 1300. The first-order chi connectivity index (χ1) is 18.5. The standard InChI is InChI=1S/C27H28N6O4S/c1-2-21(34)32-13-11-16(15-32)30-25(35)24-23-22-19(10-12-28-26(22)38-24)33(27(36)31-23)17-8-9-20(29-14-17)37-18-6-4-3-5-7-18/h2-9,14,16,19,22,26,28H,1,10-13,15H2,(H,30,35)(H,31,36)/t16-,19?,22?,26?/m1/s1. The number of piperidine rings is 1. The SMILES string of the molecule is C=CC(=O)N1CC[C@@H](NC(=O)C2=C3NC(=O)N(c4ccc(Oc5ccccc5)nc4)C4CCNC(S2)C34)C1. The average Bonchev–Trinajstić information content (AvgIpc) is 3.55. The molecular formula is C27H28N6O4S. The molecule has 196 valence electrons. The van der Waals surface area contributed by atoms with E-state index in [0.717, 1.165) is 13.0 Å². The van der Waals surface area contributed by atoms with Gasteiger partial charge in [0.2, 0.25) is 11.8 Å². The predicted molar refractivity (Wildman–Crippen MR) is 143 cm³/mol. The summed E-state index contributed by atoms with van der Waals surface area (Å²) in [5, 5.41) is 9.55. The lowest BCUT2D eigenvalue weighted by atomic mass is 9.86. The lowest BCUT2D eigenvalue weighted by molar-refractivity contribution is -0.125. The van der Waals surface area contributed by atoms with Gasteiger partial charge >= 0.3 is 6.03 Å². The van der Waals surface area contributed by atoms with Crippen LogP contribution in [0.4, 0.5) is 10.5 Å². The maximum absolute atomic E-state index is 13.4. The number of ether oxygens (including phenoxy) is 1. The molecule has 4 atom stereocenters. The van der Waals surface area contributed by atoms with Crippen molar-refractivity contribution in [2.24, 2.45) is 5.92 Å². The second-order valence-corrected chi connectivity index (χ2v) is 10.8. The zero-order chi connectivity index (χ0) is 26.2. The van der Waals surface area contributed by atoms with Crippen molar-refractivity contribution in [3.63, 3.8) is 0 Å². The molecule has 0 bridgehead atoms. The molecule has 3 fully saturated rings. The largest absolute Gasteiger partial charge is 0.439 e. The second kappa shape index (κ2) is 10.1. The van der Waals surface area contributed by atoms with Gasteiger partial charge in [-0.1, -0.05) is 36.5 Å². The fourth-order valence-electron chi connectivity index (χ4n) is 5.57. The summed E-state index contributed by atoms with van der Waals surface area (Å²) < 4.78 is 5.80. The van der Waals surface area contributed by atoms with E-state index in [-0.39, 0.29) is 41.2 Å². The molecule has 11 heteroatoms. The topological polar surface area (TPSA) is 116 Å². The highest BCUT2D eigenvalue weighted by Gasteiger charge is 2.52. The number of para-hydroxylation sites is 1. The van der Waals surface area contributed by atoms with Gasteiger partial charge in [-0.05, 0) is 43.7 Å². The Morgan fingerprint density at radius 2 is 2.03 bits per heavy atom. The average molecular weight is 533 g/mol. The first-order valence-electron chi connectivity index (χ1n) is 12.7. The van der Waals surface area contributed by atoms with Crippen LogP contribution in [0.25, 0.3) is 0 Å². The Morgan fingerprint density at radius 3 is 2.79 bits per heavy atom. The number of pyridine rings is 1. The van der Waals surface area contributed by atoms with Crippen LogP contribution in [0.1, 0.15) is 12.8 Å². The molecule has 0 saturated carbocycles. The first kappa shape index (κ1) is 24.5. The number of hydrogen-bond acceptors (Lipinski definition) is 7. The zero-order valence-electron chi connectivity index (χ0n) is 20.6. The third-order valence-corrected chi connectivity index (χ3v) is 8.68. The van der Waals surface area contributed by atoms with Crippen LogP contribution < -0.4 is 25.6 Å². The third-order valence-electron chi connectivity index (χ3n) is 7.32. The molecule has 38 heavy (non-hydrogen) atoms. The summed E-state index contributed by atoms with van der Waals surface area (Å²) in [7, 11) is 0. The Hall–Kier alpha value is -3.83. The van der Waals surface area contributed by atoms with E-state index in [4.69, 9.17) is 4.74 Å². The number of aromatic nitrogens is 1. The van der Waals surface area contributed by atoms with Crippen molar-refractivity contribution in [1.29, 1.82) is 0 Å². The van der Waals surface area contributed by atoms with Crippen LogP contribution in [0.15, 0.2) is 71.9 Å². The van der Waals surface area contributed by atoms with E-state index in [2.05, 4.69) is 27.5 Å². The summed E-state index contributed by atoms with van der Waals surface area (Å²) in [5.74, 6) is 0.721. The minimum atomic E-state index is -0.281. The molecule has 4 aliphatic rings. The smallest absolute Gasteiger partial charge is 0.326 e. The summed E-state index contributed by atoms with van der Waals surface area (Å²) in [6.45, 7) is 5.30. The molecular weight excluding hydrogens is 504 g/mol. The minimum absolute atomic E-state index is 0.0244. The van der Waals surface area contributed by atoms with Crippen molar-refractivity contribution in [3.8, 4) is 11.6 Å². The van der Waals surface area contributed by atoms with Gasteiger partial charge in [0.1, 0.15) is 5.75 Å². The first-order valence-corrected chi connectivity index (χ1v) is 13.6. The molecule has 3 N–H and O–H groups in total. The van der Waals surface area contributed by atoms with Gasteiger partial charge in [-0.2, -0.15) is 0 Å². The molecule has 2 aromatic rings. The van der Waals surface area contributed by atoms with Gasteiger partial charge in [0, 0.05) is 36.8 Å². The fourth-order valence-corrected chi connectivity index (χ4v) is 6.96. The zero-order valence-corrected chi connectivity index (χ0v) is 21.4. The number of rotatable bonds is 6. The molecule has 6 rings (SSSR count). The Balaban J connectivity index is 1.19. The number of thioether (sulfide) groups is 1. The molecule has 10 nitrogen and oxygen atoms in total. The van der Waals surface area contributed by atoms with Crippen molar-refractivity contribution < 1.29 is 19.1 Å². The van der Waals surface area contributed by atoms with Crippen molar-refractivity contribution in [3.05, 3.63) is 71.9 Å². The second-order valence-electron chi connectivity index (χ2n) is 9.63. The van der Waals surface area contributed by atoms with Crippen LogP contribution in [0.5, 0.6) is 11.6 Å². The Morgan fingerprint density at radius 1 is 1.18 bits per heavy atom. The third kappa shape index (κ3) is 4.52. The molecule has 4 amide bonds. The van der Waals surface area contributed by atoms with Crippen molar-refractivity contribution in [2.75, 3.05) is 24.5 Å². The molecule has 1 aromatic heterocycles. The van der Waals surface area contributed by atoms with E-state index in [9.17, 15) is 14.4 Å². The van der Waals surface area contributed by atoms with Crippen LogP contribution in [0.3, 0.4) is 0 Å². The Labute approximate surface area is 224 Å². The molecule has 0 aliphatic carbocycles. The number of urea groups is 1. The van der Waals surface area contributed by atoms with E-state index >= 15 is 0 Å². The van der Waals surface area contributed by atoms with E-state index < -0.39 is 0 Å². The monoisotopic (exact) mass is 532 g/mol. The van der Waals surface area contributed by atoms with Crippen LogP contribution in [-0.4, -0.2) is 64.8 Å². The van der Waals surface area contributed by atoms with Crippen LogP contribution in [0, 0.1) is 5.92 Å². The van der Waals surface area contributed by atoms with Gasteiger partial charge in [0.25, 0.3) is 5.91 Å². The summed E-state index contributed by atoms with van der Waals surface area (Å²) in [4.78, 5) is 47.0. The summed E-state index contributed by atoms with van der Waals surface area (Å²) >= 11 is 1.46. The maximum Gasteiger partial charge on any atom is 0.326 e. The Kier molecular flexibility index (Phi) is 6.54. The van der Waals surface area contributed by atoms with Crippen LogP contribution >= 0.6 is 11.8 Å². The number of carbonyl (C=O) groups excluding carboxylic acids is 3. The number of carbonyl (C=O) groups is 3. The van der Waals surface area contributed by atoms with Gasteiger partial charge in [0.15, 0.2) is 0 Å².